The van der Waals surface area contributed by atoms with Crippen LogP contribution in [0.2, 0.25) is 0 Å². The summed E-state index contributed by atoms with van der Waals surface area (Å²) in [6, 6.07) is 12.5. The van der Waals surface area contributed by atoms with Gasteiger partial charge in [0.05, 0.1) is 19.9 Å². The molecule has 5 nitrogen and oxygen atoms in total. The molecule has 2 aromatic rings. The van der Waals surface area contributed by atoms with Crippen molar-refractivity contribution in [1.29, 1.82) is 5.26 Å². The molecule has 5 heteroatoms. The number of hydrogen-bond acceptors (Lipinski definition) is 4. The fourth-order valence-electron chi connectivity index (χ4n) is 1.69. The molecule has 1 N–H and O–H groups in total. The van der Waals surface area contributed by atoms with Gasteiger partial charge in [0.2, 0.25) is 0 Å². The van der Waals surface area contributed by atoms with Gasteiger partial charge in [0.1, 0.15) is 23.2 Å². The second kappa shape index (κ2) is 6.96. The Balaban J connectivity index is 2.05. The van der Waals surface area contributed by atoms with E-state index in [0.29, 0.717) is 11.5 Å². The first-order chi connectivity index (χ1) is 10.2. The molecule has 0 aliphatic carbocycles. The molecule has 0 saturated heterocycles. The van der Waals surface area contributed by atoms with Gasteiger partial charge in [0.15, 0.2) is 0 Å². The number of ether oxygens (including phenoxy) is 1. The summed E-state index contributed by atoms with van der Waals surface area (Å²) in [5.41, 5.74) is 0.784. The largest absolute Gasteiger partial charge is 0.497 e. The van der Waals surface area contributed by atoms with Crippen molar-refractivity contribution < 1.29 is 13.9 Å². The van der Waals surface area contributed by atoms with Crippen LogP contribution in [-0.4, -0.2) is 13.0 Å². The van der Waals surface area contributed by atoms with Crippen LogP contribution in [0.15, 0.2) is 52.7 Å². The molecule has 0 bridgehead atoms. The third-order valence-corrected chi connectivity index (χ3v) is 2.80. The molecule has 21 heavy (non-hydrogen) atoms. The van der Waals surface area contributed by atoms with Gasteiger partial charge in [-0.3, -0.25) is 4.79 Å². The van der Waals surface area contributed by atoms with Gasteiger partial charge in [0.25, 0.3) is 5.91 Å². The maximum Gasteiger partial charge on any atom is 0.262 e. The molecule has 0 spiro atoms. The lowest BCUT2D eigenvalue weighted by atomic mass is 10.1. The topological polar surface area (TPSA) is 75.3 Å². The third kappa shape index (κ3) is 3.98. The van der Waals surface area contributed by atoms with Crippen molar-refractivity contribution in [1.82, 2.24) is 5.32 Å². The van der Waals surface area contributed by atoms with Crippen LogP contribution in [0.25, 0.3) is 6.08 Å². The maximum atomic E-state index is 11.9. The number of nitrogens with one attached hydrogen (secondary N) is 1. The molecule has 0 atom stereocenters. The number of furan rings is 1. The van der Waals surface area contributed by atoms with E-state index in [0.717, 1.165) is 5.56 Å². The monoisotopic (exact) mass is 282 g/mol. The van der Waals surface area contributed by atoms with Crippen LogP contribution in [0.1, 0.15) is 11.3 Å². The SMILES string of the molecule is COc1ccc(C=C(C#N)C(=O)NCc2ccco2)cc1. The Morgan fingerprint density at radius 3 is 2.71 bits per heavy atom. The lowest BCUT2D eigenvalue weighted by Crippen LogP contribution is -2.23. The Morgan fingerprint density at radius 1 is 1.38 bits per heavy atom. The molecule has 0 fully saturated rings. The van der Waals surface area contributed by atoms with Crippen molar-refractivity contribution in [2.24, 2.45) is 0 Å². The first kappa shape index (κ1) is 14.4. The predicted molar refractivity (Wildman–Crippen MR) is 77.1 cm³/mol. The molecule has 1 aromatic heterocycles. The average Bonchev–Trinajstić information content (AvgIpc) is 3.04. The smallest absolute Gasteiger partial charge is 0.262 e. The van der Waals surface area contributed by atoms with E-state index in [1.807, 2.05) is 6.07 Å². The normalized spacial score (nSPS) is 10.8. The minimum absolute atomic E-state index is 0.0340. The molecule has 0 saturated carbocycles. The summed E-state index contributed by atoms with van der Waals surface area (Å²) in [4.78, 5) is 11.9. The minimum Gasteiger partial charge on any atom is -0.497 e. The molecule has 1 heterocycles. The van der Waals surface area contributed by atoms with Crippen molar-refractivity contribution in [2.45, 2.75) is 6.54 Å². The first-order valence-corrected chi connectivity index (χ1v) is 6.29. The molecule has 2 rings (SSSR count). The Labute approximate surface area is 122 Å². The Morgan fingerprint density at radius 2 is 2.14 bits per heavy atom. The van der Waals surface area contributed by atoms with Crippen LogP contribution in [0.4, 0.5) is 0 Å². The van der Waals surface area contributed by atoms with Gasteiger partial charge in [-0.15, -0.1) is 0 Å². The van der Waals surface area contributed by atoms with E-state index in [1.54, 1.807) is 43.5 Å². The van der Waals surface area contributed by atoms with Gasteiger partial charge in [-0.2, -0.15) is 5.26 Å². The van der Waals surface area contributed by atoms with E-state index in [1.165, 1.54) is 12.3 Å². The average molecular weight is 282 g/mol. The second-order valence-electron chi connectivity index (χ2n) is 4.21. The Kier molecular flexibility index (Phi) is 4.78. The number of nitrogens with zero attached hydrogens (tertiary/aromatic N) is 1. The van der Waals surface area contributed by atoms with Crippen molar-refractivity contribution in [2.75, 3.05) is 7.11 Å². The predicted octanol–water partition coefficient (Wildman–Crippen LogP) is 2.51. The van der Waals surface area contributed by atoms with E-state index in [4.69, 9.17) is 14.4 Å². The number of methoxy groups -OCH3 is 1. The van der Waals surface area contributed by atoms with Crippen molar-refractivity contribution >= 4 is 12.0 Å². The summed E-state index contributed by atoms with van der Waals surface area (Å²) in [5, 5.41) is 11.7. The van der Waals surface area contributed by atoms with E-state index < -0.39 is 5.91 Å². The first-order valence-electron chi connectivity index (χ1n) is 6.29. The summed E-state index contributed by atoms with van der Waals surface area (Å²) in [5.74, 6) is 0.905. The zero-order valence-electron chi connectivity index (χ0n) is 11.5. The van der Waals surface area contributed by atoms with E-state index in [2.05, 4.69) is 5.32 Å². The number of benzene rings is 1. The molecule has 106 valence electrons. The Bertz CT molecular complexity index is 665. The Hall–Kier alpha value is -3.00. The summed E-state index contributed by atoms with van der Waals surface area (Å²) in [7, 11) is 1.58. The molecule has 0 unspecified atom stereocenters. The standard InChI is InChI=1S/C16H14N2O3/c1-20-14-6-4-12(5-7-14)9-13(10-17)16(19)18-11-15-3-2-8-21-15/h2-9H,11H2,1H3,(H,18,19). The zero-order valence-corrected chi connectivity index (χ0v) is 11.5. The summed E-state index contributed by atoms with van der Waals surface area (Å²) in [6.45, 7) is 0.244. The quantitative estimate of drug-likeness (QED) is 0.675. The highest BCUT2D eigenvalue weighted by Crippen LogP contribution is 2.14. The van der Waals surface area contributed by atoms with Gasteiger partial charge in [-0.25, -0.2) is 0 Å². The van der Waals surface area contributed by atoms with Crippen LogP contribution in [0, 0.1) is 11.3 Å². The molecule has 0 aliphatic heterocycles. The fraction of sp³-hybridized carbons (Fsp3) is 0.125. The van der Waals surface area contributed by atoms with Crippen LogP contribution in [0.5, 0.6) is 5.75 Å². The zero-order chi connectivity index (χ0) is 15.1. The van der Waals surface area contributed by atoms with Gasteiger partial charge in [-0.1, -0.05) is 12.1 Å². The molecule has 0 aliphatic rings. The molecular formula is C16H14N2O3. The van der Waals surface area contributed by atoms with Gasteiger partial charge >= 0.3 is 0 Å². The lowest BCUT2D eigenvalue weighted by Gasteiger charge is -2.03. The number of carbonyl (C=O) groups is 1. The van der Waals surface area contributed by atoms with Crippen LogP contribution in [-0.2, 0) is 11.3 Å². The number of rotatable bonds is 5. The van der Waals surface area contributed by atoms with Gasteiger partial charge < -0.3 is 14.5 Å². The molecule has 1 amide bonds. The molecule has 1 aromatic carbocycles. The van der Waals surface area contributed by atoms with E-state index in [9.17, 15) is 4.79 Å². The fourth-order valence-corrected chi connectivity index (χ4v) is 1.69. The third-order valence-electron chi connectivity index (χ3n) is 2.80. The second-order valence-corrected chi connectivity index (χ2v) is 4.21. The highest BCUT2D eigenvalue weighted by Gasteiger charge is 2.09. The van der Waals surface area contributed by atoms with Crippen molar-refractivity contribution in [3.05, 3.63) is 59.6 Å². The van der Waals surface area contributed by atoms with Gasteiger partial charge in [-0.05, 0) is 35.9 Å². The van der Waals surface area contributed by atoms with Crippen LogP contribution in [0.3, 0.4) is 0 Å². The van der Waals surface area contributed by atoms with E-state index >= 15 is 0 Å². The summed E-state index contributed by atoms with van der Waals surface area (Å²) in [6.07, 6.45) is 3.05. The summed E-state index contributed by atoms with van der Waals surface area (Å²) < 4.78 is 10.2. The summed E-state index contributed by atoms with van der Waals surface area (Å²) >= 11 is 0. The van der Waals surface area contributed by atoms with E-state index in [-0.39, 0.29) is 12.1 Å². The number of nitriles is 1. The number of carbonyl (C=O) groups excluding carboxylic acids is 1. The molecule has 0 radical (unpaired) electrons. The maximum absolute atomic E-state index is 11.9. The lowest BCUT2D eigenvalue weighted by molar-refractivity contribution is -0.117. The van der Waals surface area contributed by atoms with Crippen LogP contribution >= 0.6 is 0 Å². The minimum atomic E-state index is -0.440. The highest BCUT2D eigenvalue weighted by molar-refractivity contribution is 6.01. The van der Waals surface area contributed by atoms with Crippen molar-refractivity contribution in [3.8, 4) is 11.8 Å². The molecular weight excluding hydrogens is 268 g/mol. The van der Waals surface area contributed by atoms with Crippen molar-refractivity contribution in [3.63, 3.8) is 0 Å². The number of amides is 1. The van der Waals surface area contributed by atoms with Gasteiger partial charge in [0, 0.05) is 0 Å². The van der Waals surface area contributed by atoms with Crippen LogP contribution < -0.4 is 10.1 Å². The number of hydrogen-bond donors (Lipinski definition) is 1. The highest BCUT2D eigenvalue weighted by atomic mass is 16.5.